The summed E-state index contributed by atoms with van der Waals surface area (Å²) in [6.45, 7) is 1.88. The topological polar surface area (TPSA) is 37.4 Å². The summed E-state index contributed by atoms with van der Waals surface area (Å²) in [5, 5.41) is 0. The Morgan fingerprint density at radius 2 is 1.70 bits per heavy atom. The molecule has 0 amide bonds. The zero-order chi connectivity index (χ0) is 16.4. The van der Waals surface area contributed by atoms with Gasteiger partial charge in [-0.1, -0.05) is 48.0 Å². The van der Waals surface area contributed by atoms with Gasteiger partial charge in [0.15, 0.2) is 0 Å². The quantitative estimate of drug-likeness (QED) is 0.773. The van der Waals surface area contributed by atoms with E-state index in [0.29, 0.717) is 18.4 Å². The molecule has 1 aliphatic rings. The summed E-state index contributed by atoms with van der Waals surface area (Å²) in [6.07, 6.45) is 2.63. The number of benzene rings is 2. The molecule has 2 aromatic rings. The van der Waals surface area contributed by atoms with Gasteiger partial charge in [0.25, 0.3) is 10.0 Å². The van der Waals surface area contributed by atoms with Crippen LogP contribution < -0.4 is 0 Å². The summed E-state index contributed by atoms with van der Waals surface area (Å²) < 4.78 is 41.2. The standard InChI is InChI=1S/C18H18FNO2S/c1-14-7-11-17(12-8-14)23(21,22)20(16-9-10-16)18(19)13-15-5-3-2-4-6-15/h2-8,11-13,16H,9-10H2,1H3/b18-13-. The van der Waals surface area contributed by atoms with Crippen LogP contribution in [0.3, 0.4) is 0 Å². The Morgan fingerprint density at radius 3 is 2.26 bits per heavy atom. The van der Waals surface area contributed by atoms with E-state index in [9.17, 15) is 12.8 Å². The van der Waals surface area contributed by atoms with Gasteiger partial charge in [-0.05, 0) is 43.5 Å². The SMILES string of the molecule is Cc1ccc(S(=O)(=O)N(/C(F)=C\c2ccccc2)C2CC2)cc1. The first-order valence-corrected chi connectivity index (χ1v) is 8.96. The molecule has 1 fully saturated rings. The van der Waals surface area contributed by atoms with E-state index in [1.807, 2.05) is 13.0 Å². The third-order valence-corrected chi connectivity index (χ3v) is 5.61. The van der Waals surface area contributed by atoms with Crippen molar-refractivity contribution in [2.75, 3.05) is 0 Å². The van der Waals surface area contributed by atoms with Gasteiger partial charge >= 0.3 is 0 Å². The van der Waals surface area contributed by atoms with Crippen LogP contribution in [-0.2, 0) is 10.0 Å². The first-order valence-electron chi connectivity index (χ1n) is 7.52. The summed E-state index contributed by atoms with van der Waals surface area (Å²) in [6, 6.07) is 15.1. The van der Waals surface area contributed by atoms with Crippen LogP contribution in [0.4, 0.5) is 4.39 Å². The fourth-order valence-corrected chi connectivity index (χ4v) is 3.96. The molecule has 3 nitrogen and oxygen atoms in total. The summed E-state index contributed by atoms with van der Waals surface area (Å²) in [4.78, 5) is 0.117. The van der Waals surface area contributed by atoms with Crippen LogP contribution in [0.5, 0.6) is 0 Å². The molecule has 0 aliphatic heterocycles. The number of nitrogens with zero attached hydrogens (tertiary/aromatic N) is 1. The molecule has 0 N–H and O–H groups in total. The molecule has 5 heteroatoms. The Kier molecular flexibility index (Phi) is 4.22. The smallest absolute Gasteiger partial charge is 0.238 e. The zero-order valence-corrected chi connectivity index (χ0v) is 13.6. The summed E-state index contributed by atoms with van der Waals surface area (Å²) in [5.41, 5.74) is 1.59. The Morgan fingerprint density at radius 1 is 1.09 bits per heavy atom. The van der Waals surface area contributed by atoms with Gasteiger partial charge in [0.2, 0.25) is 5.95 Å². The third-order valence-electron chi connectivity index (χ3n) is 3.75. The first-order chi connectivity index (χ1) is 11.0. The van der Waals surface area contributed by atoms with Gasteiger partial charge in [0, 0.05) is 6.04 Å². The number of aryl methyl sites for hydroxylation is 1. The monoisotopic (exact) mass is 331 g/mol. The van der Waals surface area contributed by atoms with E-state index in [-0.39, 0.29) is 10.9 Å². The summed E-state index contributed by atoms with van der Waals surface area (Å²) >= 11 is 0. The van der Waals surface area contributed by atoms with Crippen molar-refractivity contribution in [3.63, 3.8) is 0 Å². The lowest BCUT2D eigenvalue weighted by molar-refractivity contribution is 0.382. The largest absolute Gasteiger partial charge is 0.266 e. The van der Waals surface area contributed by atoms with E-state index in [1.54, 1.807) is 36.4 Å². The number of halogens is 1. The molecule has 120 valence electrons. The number of hydrogen-bond donors (Lipinski definition) is 0. The molecule has 0 heterocycles. The zero-order valence-electron chi connectivity index (χ0n) is 12.8. The lowest BCUT2D eigenvalue weighted by Gasteiger charge is -2.22. The van der Waals surface area contributed by atoms with Gasteiger partial charge in [-0.3, -0.25) is 0 Å². The average molecular weight is 331 g/mol. The van der Waals surface area contributed by atoms with Crippen molar-refractivity contribution >= 4 is 16.1 Å². The normalized spacial score (nSPS) is 15.5. The van der Waals surface area contributed by atoms with Crippen LogP contribution in [0.2, 0.25) is 0 Å². The molecule has 1 saturated carbocycles. The molecule has 0 saturated heterocycles. The third kappa shape index (κ3) is 3.45. The molecule has 0 unspecified atom stereocenters. The van der Waals surface area contributed by atoms with Crippen molar-refractivity contribution in [2.24, 2.45) is 0 Å². The number of sulfonamides is 1. The van der Waals surface area contributed by atoms with Gasteiger partial charge < -0.3 is 0 Å². The minimum absolute atomic E-state index is 0.117. The van der Waals surface area contributed by atoms with Crippen LogP contribution in [0.25, 0.3) is 6.08 Å². The second-order valence-corrected chi connectivity index (χ2v) is 7.54. The van der Waals surface area contributed by atoms with Crippen molar-refractivity contribution in [2.45, 2.75) is 30.7 Å². The van der Waals surface area contributed by atoms with Crippen LogP contribution in [0, 0.1) is 6.92 Å². The maximum atomic E-state index is 14.7. The minimum Gasteiger partial charge on any atom is -0.238 e. The van der Waals surface area contributed by atoms with Crippen LogP contribution in [-0.4, -0.2) is 18.8 Å². The second-order valence-electron chi connectivity index (χ2n) is 5.72. The number of hydrogen-bond acceptors (Lipinski definition) is 2. The molecule has 0 spiro atoms. The van der Waals surface area contributed by atoms with Crippen molar-refractivity contribution < 1.29 is 12.8 Å². The van der Waals surface area contributed by atoms with Crippen molar-refractivity contribution in [1.29, 1.82) is 0 Å². The van der Waals surface area contributed by atoms with E-state index < -0.39 is 16.0 Å². The molecule has 0 radical (unpaired) electrons. The average Bonchev–Trinajstić information content (AvgIpc) is 3.33. The molecule has 0 aromatic heterocycles. The maximum absolute atomic E-state index is 14.7. The highest BCUT2D eigenvalue weighted by Crippen LogP contribution is 2.36. The Bertz CT molecular complexity index is 810. The van der Waals surface area contributed by atoms with Crippen molar-refractivity contribution in [3.8, 4) is 0 Å². The van der Waals surface area contributed by atoms with Crippen molar-refractivity contribution in [3.05, 3.63) is 71.7 Å². The van der Waals surface area contributed by atoms with E-state index in [0.717, 1.165) is 9.87 Å². The Labute approximate surface area is 136 Å². The molecular formula is C18H18FNO2S. The highest BCUT2D eigenvalue weighted by atomic mass is 32.2. The van der Waals surface area contributed by atoms with E-state index in [4.69, 9.17) is 0 Å². The van der Waals surface area contributed by atoms with E-state index in [1.165, 1.54) is 18.2 Å². The van der Waals surface area contributed by atoms with Gasteiger partial charge in [-0.25, -0.2) is 12.7 Å². The highest BCUT2D eigenvalue weighted by Gasteiger charge is 2.39. The number of rotatable bonds is 5. The molecular weight excluding hydrogens is 313 g/mol. The molecule has 2 aromatic carbocycles. The van der Waals surface area contributed by atoms with Crippen molar-refractivity contribution in [1.82, 2.24) is 4.31 Å². The molecule has 23 heavy (non-hydrogen) atoms. The highest BCUT2D eigenvalue weighted by molar-refractivity contribution is 7.89. The lowest BCUT2D eigenvalue weighted by atomic mass is 10.2. The predicted octanol–water partition coefficient (Wildman–Crippen LogP) is 4.12. The summed E-state index contributed by atoms with van der Waals surface area (Å²) in [7, 11) is -3.88. The fraction of sp³-hybridized carbons (Fsp3) is 0.222. The van der Waals surface area contributed by atoms with Crippen LogP contribution in [0.1, 0.15) is 24.0 Å². The van der Waals surface area contributed by atoms with Gasteiger partial charge in [-0.2, -0.15) is 4.39 Å². The fourth-order valence-electron chi connectivity index (χ4n) is 2.37. The van der Waals surface area contributed by atoms with E-state index in [2.05, 4.69) is 0 Å². The second kappa shape index (κ2) is 6.16. The molecule has 0 atom stereocenters. The van der Waals surface area contributed by atoms with E-state index >= 15 is 0 Å². The molecule has 3 rings (SSSR count). The minimum atomic E-state index is -3.88. The predicted molar refractivity (Wildman–Crippen MR) is 88.8 cm³/mol. The van der Waals surface area contributed by atoms with Crippen LogP contribution in [0.15, 0.2) is 65.4 Å². The molecule has 1 aliphatic carbocycles. The summed E-state index contributed by atoms with van der Waals surface area (Å²) in [5.74, 6) is -0.737. The van der Waals surface area contributed by atoms with Crippen LogP contribution >= 0.6 is 0 Å². The Hall–Kier alpha value is -2.14. The Balaban J connectivity index is 1.98. The van der Waals surface area contributed by atoms with Gasteiger partial charge in [0.05, 0.1) is 4.90 Å². The van der Waals surface area contributed by atoms with Gasteiger partial charge in [0.1, 0.15) is 0 Å². The van der Waals surface area contributed by atoms with Gasteiger partial charge in [-0.15, -0.1) is 0 Å². The first kappa shape index (κ1) is 15.7. The molecule has 0 bridgehead atoms. The lowest BCUT2D eigenvalue weighted by Crippen LogP contribution is -2.31. The maximum Gasteiger partial charge on any atom is 0.266 e.